The highest BCUT2D eigenvalue weighted by Gasteiger charge is 2.16. The second kappa shape index (κ2) is 7.23. The minimum Gasteiger partial charge on any atom is -0.339 e. The van der Waals surface area contributed by atoms with Crippen LogP contribution in [-0.2, 0) is 0 Å². The summed E-state index contributed by atoms with van der Waals surface area (Å²) in [4.78, 5) is 25.9. The molecular weight excluding hydrogens is 322 g/mol. The number of halogens is 2. The minimum atomic E-state index is -0.947. The van der Waals surface area contributed by atoms with Gasteiger partial charge in [0, 0.05) is 25.1 Å². The van der Waals surface area contributed by atoms with Crippen LogP contribution >= 0.6 is 11.8 Å². The van der Waals surface area contributed by atoms with Crippen LogP contribution in [0.25, 0.3) is 0 Å². The number of hydrogen-bond acceptors (Lipinski definition) is 3. The summed E-state index contributed by atoms with van der Waals surface area (Å²) in [5.74, 6) is -2.42. The van der Waals surface area contributed by atoms with Gasteiger partial charge in [-0.1, -0.05) is 12.1 Å². The number of rotatable bonds is 3. The Morgan fingerprint density at radius 3 is 2.43 bits per heavy atom. The largest absolute Gasteiger partial charge is 0.339 e. The lowest BCUT2D eigenvalue weighted by Gasteiger charge is -2.13. The van der Waals surface area contributed by atoms with Gasteiger partial charge in [-0.25, -0.2) is 8.78 Å². The maximum absolute atomic E-state index is 13.7. The smallest absolute Gasteiger partial charge is 0.286 e. The van der Waals surface area contributed by atoms with Crippen molar-refractivity contribution in [3.8, 4) is 0 Å². The van der Waals surface area contributed by atoms with Crippen LogP contribution in [0, 0.1) is 11.6 Å². The minimum absolute atomic E-state index is 0.209. The maximum Gasteiger partial charge on any atom is 0.286 e. The standard InChI is InChI=1S/C16H14F2N2O2S/c1-20(2)16(22)23-14-6-4-3-5-13(14)19-15(21)11-8-7-10(17)9-12(11)18/h3-9H,1-2H3,(H,19,21). The zero-order valence-electron chi connectivity index (χ0n) is 12.5. The Labute approximate surface area is 136 Å². The zero-order chi connectivity index (χ0) is 17.0. The van der Waals surface area contributed by atoms with E-state index in [1.165, 1.54) is 4.90 Å². The van der Waals surface area contributed by atoms with E-state index in [9.17, 15) is 18.4 Å². The molecule has 0 unspecified atom stereocenters. The van der Waals surface area contributed by atoms with E-state index in [4.69, 9.17) is 0 Å². The summed E-state index contributed by atoms with van der Waals surface area (Å²) in [5.41, 5.74) is 0.103. The quantitative estimate of drug-likeness (QED) is 0.862. The first-order valence-electron chi connectivity index (χ1n) is 6.63. The summed E-state index contributed by atoms with van der Waals surface area (Å²) in [6.45, 7) is 0. The van der Waals surface area contributed by atoms with E-state index in [0.717, 1.165) is 23.9 Å². The van der Waals surface area contributed by atoms with Crippen molar-refractivity contribution in [2.45, 2.75) is 4.90 Å². The van der Waals surface area contributed by atoms with E-state index in [1.54, 1.807) is 38.4 Å². The molecule has 1 N–H and O–H groups in total. The first kappa shape index (κ1) is 17.0. The summed E-state index contributed by atoms with van der Waals surface area (Å²) >= 11 is 0.941. The number of amides is 2. The average Bonchev–Trinajstić information content (AvgIpc) is 2.48. The lowest BCUT2D eigenvalue weighted by molar-refractivity contribution is 0.102. The van der Waals surface area contributed by atoms with Gasteiger partial charge in [-0.05, 0) is 36.0 Å². The van der Waals surface area contributed by atoms with Gasteiger partial charge in [-0.3, -0.25) is 9.59 Å². The van der Waals surface area contributed by atoms with Crippen molar-refractivity contribution >= 4 is 28.6 Å². The van der Waals surface area contributed by atoms with Crippen LogP contribution in [-0.4, -0.2) is 30.1 Å². The maximum atomic E-state index is 13.7. The second-order valence-corrected chi connectivity index (χ2v) is 5.83. The fourth-order valence-electron chi connectivity index (χ4n) is 1.71. The van der Waals surface area contributed by atoms with Crippen molar-refractivity contribution in [2.24, 2.45) is 0 Å². The molecule has 0 radical (unpaired) electrons. The average molecular weight is 336 g/mol. The lowest BCUT2D eigenvalue weighted by atomic mass is 10.2. The summed E-state index contributed by atoms with van der Waals surface area (Å²) < 4.78 is 26.6. The Morgan fingerprint density at radius 2 is 1.78 bits per heavy atom. The summed E-state index contributed by atoms with van der Waals surface area (Å²) in [7, 11) is 3.23. The summed E-state index contributed by atoms with van der Waals surface area (Å²) in [6.07, 6.45) is 0. The molecule has 23 heavy (non-hydrogen) atoms. The number of anilines is 1. The molecule has 0 aliphatic heterocycles. The van der Waals surface area contributed by atoms with Crippen molar-refractivity contribution < 1.29 is 18.4 Å². The first-order chi connectivity index (χ1) is 10.9. The van der Waals surface area contributed by atoms with Gasteiger partial charge in [0.1, 0.15) is 11.6 Å². The molecule has 0 saturated heterocycles. The van der Waals surface area contributed by atoms with Crippen LogP contribution in [0.1, 0.15) is 10.4 Å². The van der Waals surface area contributed by atoms with E-state index in [1.807, 2.05) is 0 Å². The fraction of sp³-hybridized carbons (Fsp3) is 0.125. The van der Waals surface area contributed by atoms with E-state index < -0.39 is 17.5 Å². The third-order valence-electron chi connectivity index (χ3n) is 2.87. The molecule has 0 aliphatic rings. The predicted octanol–water partition coefficient (Wildman–Crippen LogP) is 3.99. The summed E-state index contributed by atoms with van der Waals surface area (Å²) in [6, 6.07) is 9.40. The second-order valence-electron chi connectivity index (χ2n) is 4.84. The van der Waals surface area contributed by atoms with Gasteiger partial charge in [-0.2, -0.15) is 0 Å². The first-order valence-corrected chi connectivity index (χ1v) is 7.44. The lowest BCUT2D eigenvalue weighted by Crippen LogP contribution is -2.17. The Kier molecular flexibility index (Phi) is 5.33. The number of carbonyl (C=O) groups excluding carboxylic acids is 2. The number of para-hydroxylation sites is 1. The van der Waals surface area contributed by atoms with Gasteiger partial charge < -0.3 is 10.2 Å². The van der Waals surface area contributed by atoms with Gasteiger partial charge in [0.15, 0.2) is 0 Å². The SMILES string of the molecule is CN(C)C(=O)Sc1ccccc1NC(=O)c1ccc(F)cc1F. The molecule has 4 nitrogen and oxygen atoms in total. The van der Waals surface area contributed by atoms with E-state index >= 15 is 0 Å². The van der Waals surface area contributed by atoms with Crippen LogP contribution in [0.5, 0.6) is 0 Å². The third-order valence-corrected chi connectivity index (χ3v) is 3.99. The molecule has 0 spiro atoms. The number of nitrogens with one attached hydrogen (secondary N) is 1. The van der Waals surface area contributed by atoms with Crippen LogP contribution < -0.4 is 5.32 Å². The van der Waals surface area contributed by atoms with E-state index in [-0.39, 0.29) is 10.8 Å². The van der Waals surface area contributed by atoms with E-state index in [2.05, 4.69) is 5.32 Å². The Morgan fingerprint density at radius 1 is 1.09 bits per heavy atom. The third kappa shape index (κ3) is 4.29. The molecule has 0 fully saturated rings. The number of nitrogens with zero attached hydrogens (tertiary/aromatic N) is 1. The molecular formula is C16H14F2N2O2S. The highest BCUT2D eigenvalue weighted by atomic mass is 32.2. The van der Waals surface area contributed by atoms with Crippen LogP contribution in [0.2, 0.25) is 0 Å². The molecule has 0 bridgehead atoms. The fourth-order valence-corrected chi connectivity index (χ4v) is 2.45. The molecule has 7 heteroatoms. The van der Waals surface area contributed by atoms with E-state index in [0.29, 0.717) is 16.6 Å². The van der Waals surface area contributed by atoms with Crippen molar-refractivity contribution in [1.29, 1.82) is 0 Å². The van der Waals surface area contributed by atoms with Crippen molar-refractivity contribution in [3.05, 3.63) is 59.7 Å². The van der Waals surface area contributed by atoms with Crippen LogP contribution in [0.4, 0.5) is 19.3 Å². The highest BCUT2D eigenvalue weighted by molar-refractivity contribution is 8.13. The Balaban J connectivity index is 2.23. The van der Waals surface area contributed by atoms with Crippen molar-refractivity contribution in [2.75, 3.05) is 19.4 Å². The number of hydrogen-bond donors (Lipinski definition) is 1. The topological polar surface area (TPSA) is 49.4 Å². The van der Waals surface area contributed by atoms with Gasteiger partial charge >= 0.3 is 0 Å². The van der Waals surface area contributed by atoms with Crippen LogP contribution in [0.3, 0.4) is 0 Å². The molecule has 0 aliphatic carbocycles. The highest BCUT2D eigenvalue weighted by Crippen LogP contribution is 2.29. The molecule has 2 aromatic carbocycles. The van der Waals surface area contributed by atoms with Gasteiger partial charge in [0.25, 0.3) is 11.1 Å². The molecule has 0 saturated carbocycles. The Bertz CT molecular complexity index is 751. The van der Waals surface area contributed by atoms with Crippen molar-refractivity contribution in [1.82, 2.24) is 4.90 Å². The van der Waals surface area contributed by atoms with Gasteiger partial charge in [0.2, 0.25) is 0 Å². The number of thioether (sulfide) groups is 1. The van der Waals surface area contributed by atoms with Gasteiger partial charge in [-0.15, -0.1) is 0 Å². The molecule has 2 rings (SSSR count). The van der Waals surface area contributed by atoms with Crippen molar-refractivity contribution in [3.63, 3.8) is 0 Å². The molecule has 0 heterocycles. The molecule has 2 aromatic rings. The summed E-state index contributed by atoms with van der Waals surface area (Å²) in [5, 5.41) is 2.33. The molecule has 2 amide bonds. The molecule has 120 valence electrons. The zero-order valence-corrected chi connectivity index (χ0v) is 13.3. The van der Waals surface area contributed by atoms with Crippen LogP contribution in [0.15, 0.2) is 47.4 Å². The number of carbonyl (C=O) groups is 2. The molecule has 0 aromatic heterocycles. The monoisotopic (exact) mass is 336 g/mol. The predicted molar refractivity (Wildman–Crippen MR) is 85.7 cm³/mol. The number of benzene rings is 2. The normalized spacial score (nSPS) is 10.3. The van der Waals surface area contributed by atoms with Gasteiger partial charge in [0.05, 0.1) is 11.3 Å². The Hall–Kier alpha value is -2.41. The molecule has 0 atom stereocenters.